The summed E-state index contributed by atoms with van der Waals surface area (Å²) in [7, 11) is 0. The normalized spacial score (nSPS) is 36.1. The van der Waals surface area contributed by atoms with E-state index in [-0.39, 0.29) is 24.9 Å². The van der Waals surface area contributed by atoms with Gasteiger partial charge in [-0.1, -0.05) is 0 Å². The topological polar surface area (TPSA) is 20.3 Å². The summed E-state index contributed by atoms with van der Waals surface area (Å²) in [6.45, 7) is 1.75. The molecule has 5 heteroatoms. The quantitative estimate of drug-likeness (QED) is 0.622. The van der Waals surface area contributed by atoms with E-state index in [9.17, 15) is 13.6 Å². The van der Waals surface area contributed by atoms with E-state index in [1.165, 1.54) is 4.90 Å². The molecule has 1 heterocycles. The van der Waals surface area contributed by atoms with Gasteiger partial charge in [-0.25, -0.2) is 8.78 Å². The Morgan fingerprint density at radius 3 is 2.64 bits per heavy atom. The van der Waals surface area contributed by atoms with Gasteiger partial charge in [0.2, 0.25) is 5.91 Å². The smallest absolute Gasteiger partial charge is 0.254 e. The highest BCUT2D eigenvalue weighted by atomic mass is 35.5. The Balaban J connectivity index is 2.07. The van der Waals surface area contributed by atoms with E-state index < -0.39 is 17.2 Å². The van der Waals surface area contributed by atoms with Crippen molar-refractivity contribution in [3.8, 4) is 0 Å². The Morgan fingerprint density at radius 2 is 2.29 bits per heavy atom. The third-order valence-corrected chi connectivity index (χ3v) is 3.33. The lowest BCUT2D eigenvalue weighted by Gasteiger charge is -2.32. The number of carbonyl (C=O) groups excluding carboxylic acids is 1. The maximum Gasteiger partial charge on any atom is 0.254 e. The second kappa shape index (κ2) is 3.05. The summed E-state index contributed by atoms with van der Waals surface area (Å²) in [6.07, 6.45) is 0.245. The van der Waals surface area contributed by atoms with Crippen LogP contribution in [-0.2, 0) is 4.79 Å². The number of amides is 1. The molecule has 2 nitrogen and oxygen atoms in total. The van der Waals surface area contributed by atoms with Crippen LogP contribution in [-0.4, -0.2) is 34.7 Å². The lowest BCUT2D eigenvalue weighted by Crippen LogP contribution is -2.46. The van der Waals surface area contributed by atoms with Crippen molar-refractivity contribution in [2.24, 2.45) is 5.92 Å². The molecule has 2 rings (SSSR count). The summed E-state index contributed by atoms with van der Waals surface area (Å²) >= 11 is 5.64. The van der Waals surface area contributed by atoms with Crippen LogP contribution in [0.2, 0.25) is 0 Å². The lowest BCUT2D eigenvalue weighted by atomic mass is 10.0. The van der Waals surface area contributed by atoms with Crippen molar-refractivity contribution in [3.63, 3.8) is 0 Å². The summed E-state index contributed by atoms with van der Waals surface area (Å²) in [4.78, 5) is 13.0. The van der Waals surface area contributed by atoms with Gasteiger partial charge in [0.15, 0.2) is 0 Å². The Hall–Kier alpha value is -0.380. The molecule has 0 radical (unpaired) electrons. The molecule has 2 bridgehead atoms. The molecule has 1 saturated heterocycles. The fourth-order valence-electron chi connectivity index (χ4n) is 2.40. The van der Waals surface area contributed by atoms with E-state index in [1.807, 2.05) is 0 Å². The van der Waals surface area contributed by atoms with E-state index in [0.717, 1.165) is 0 Å². The second-order valence-corrected chi connectivity index (χ2v) is 4.81. The maximum absolute atomic E-state index is 13.1. The molecule has 3 atom stereocenters. The minimum absolute atomic E-state index is 0.174. The fraction of sp³-hybridized carbons (Fsp3) is 0.889. The molecule has 0 aromatic heterocycles. The van der Waals surface area contributed by atoms with Gasteiger partial charge in [-0.2, -0.15) is 0 Å². The number of carbonyl (C=O) groups is 1. The number of nitrogens with zero attached hydrogens (tertiary/aromatic N) is 1. The molecular formula is C9H12ClF2NO. The highest BCUT2D eigenvalue weighted by Crippen LogP contribution is 2.48. The standard InChI is InChI=1S/C9H12ClF2NO/c1-5(10)8(14)13-4-6-2-7(13)3-9(6,11)12/h5-7H,2-4H2,1H3. The summed E-state index contributed by atoms with van der Waals surface area (Å²) in [5, 5.41) is -0.608. The Labute approximate surface area is 86.2 Å². The molecule has 2 fully saturated rings. The highest BCUT2D eigenvalue weighted by Gasteiger charge is 2.57. The molecule has 14 heavy (non-hydrogen) atoms. The number of hydrogen-bond donors (Lipinski definition) is 0. The van der Waals surface area contributed by atoms with Crippen molar-refractivity contribution in [1.82, 2.24) is 4.90 Å². The van der Waals surface area contributed by atoms with Crippen molar-refractivity contribution < 1.29 is 13.6 Å². The Morgan fingerprint density at radius 1 is 1.64 bits per heavy atom. The highest BCUT2D eigenvalue weighted by molar-refractivity contribution is 6.30. The molecule has 1 aliphatic carbocycles. The van der Waals surface area contributed by atoms with Crippen LogP contribution in [0.15, 0.2) is 0 Å². The van der Waals surface area contributed by atoms with E-state index >= 15 is 0 Å². The summed E-state index contributed by atoms with van der Waals surface area (Å²) in [5.74, 6) is -3.43. The van der Waals surface area contributed by atoms with Crippen LogP contribution in [0.5, 0.6) is 0 Å². The van der Waals surface area contributed by atoms with Gasteiger partial charge in [0.1, 0.15) is 5.38 Å². The fourth-order valence-corrected chi connectivity index (χ4v) is 2.52. The number of likely N-dealkylation sites (tertiary alicyclic amines) is 1. The van der Waals surface area contributed by atoms with Crippen LogP contribution in [0.25, 0.3) is 0 Å². The third kappa shape index (κ3) is 1.40. The molecule has 0 aromatic rings. The van der Waals surface area contributed by atoms with Gasteiger partial charge in [0, 0.05) is 24.9 Å². The second-order valence-electron chi connectivity index (χ2n) is 4.16. The molecule has 80 valence electrons. The van der Waals surface area contributed by atoms with Gasteiger partial charge in [-0.05, 0) is 13.3 Å². The molecular weight excluding hydrogens is 212 g/mol. The predicted octanol–water partition coefficient (Wildman–Crippen LogP) is 1.87. The zero-order valence-corrected chi connectivity index (χ0v) is 8.60. The number of fused-ring (bicyclic) bond motifs is 2. The van der Waals surface area contributed by atoms with Gasteiger partial charge in [-0.15, -0.1) is 11.6 Å². The number of rotatable bonds is 1. The van der Waals surface area contributed by atoms with Crippen LogP contribution in [0, 0.1) is 5.92 Å². The number of piperidine rings is 1. The van der Waals surface area contributed by atoms with Crippen LogP contribution in [0.3, 0.4) is 0 Å². The molecule has 2 aliphatic rings. The Bertz CT molecular complexity index is 270. The Kier molecular flexibility index (Phi) is 2.21. The molecule has 0 aromatic carbocycles. The first kappa shape index (κ1) is 10.1. The van der Waals surface area contributed by atoms with Crippen molar-refractivity contribution in [2.45, 2.75) is 37.1 Å². The molecule has 1 aliphatic heterocycles. The zero-order valence-electron chi connectivity index (χ0n) is 7.84. The van der Waals surface area contributed by atoms with Crippen LogP contribution >= 0.6 is 11.6 Å². The molecule has 0 N–H and O–H groups in total. The average molecular weight is 224 g/mol. The van der Waals surface area contributed by atoms with Crippen molar-refractivity contribution >= 4 is 17.5 Å². The van der Waals surface area contributed by atoms with E-state index in [1.54, 1.807) is 6.92 Å². The SMILES string of the molecule is CC(Cl)C(=O)N1CC2CC1CC2(F)F. The minimum Gasteiger partial charge on any atom is -0.338 e. The summed E-state index contributed by atoms with van der Waals surface area (Å²) < 4.78 is 26.2. The van der Waals surface area contributed by atoms with Gasteiger partial charge < -0.3 is 4.90 Å². The van der Waals surface area contributed by atoms with Gasteiger partial charge in [0.05, 0.1) is 0 Å². The van der Waals surface area contributed by atoms with Crippen LogP contribution in [0.1, 0.15) is 19.8 Å². The maximum atomic E-state index is 13.1. The largest absolute Gasteiger partial charge is 0.338 e. The first-order valence-electron chi connectivity index (χ1n) is 4.74. The number of halogens is 3. The van der Waals surface area contributed by atoms with Crippen LogP contribution in [0.4, 0.5) is 8.78 Å². The van der Waals surface area contributed by atoms with Gasteiger partial charge in [0.25, 0.3) is 5.92 Å². The lowest BCUT2D eigenvalue weighted by molar-refractivity contribution is -0.137. The first-order valence-corrected chi connectivity index (χ1v) is 5.18. The summed E-state index contributed by atoms with van der Waals surface area (Å²) in [5.41, 5.74) is 0. The molecule has 1 saturated carbocycles. The van der Waals surface area contributed by atoms with Crippen molar-refractivity contribution in [1.29, 1.82) is 0 Å². The molecule has 0 spiro atoms. The average Bonchev–Trinajstić information content (AvgIpc) is 2.57. The molecule has 1 amide bonds. The van der Waals surface area contributed by atoms with E-state index in [2.05, 4.69) is 0 Å². The predicted molar refractivity (Wildman–Crippen MR) is 48.5 cm³/mol. The van der Waals surface area contributed by atoms with E-state index in [0.29, 0.717) is 6.42 Å². The minimum atomic E-state index is -2.57. The number of hydrogen-bond acceptors (Lipinski definition) is 1. The zero-order chi connectivity index (χ0) is 10.5. The third-order valence-electron chi connectivity index (χ3n) is 3.14. The first-order chi connectivity index (χ1) is 6.42. The van der Waals surface area contributed by atoms with E-state index in [4.69, 9.17) is 11.6 Å². The van der Waals surface area contributed by atoms with Gasteiger partial charge >= 0.3 is 0 Å². The molecule has 3 unspecified atom stereocenters. The van der Waals surface area contributed by atoms with Gasteiger partial charge in [-0.3, -0.25) is 4.79 Å². The monoisotopic (exact) mass is 223 g/mol. The number of alkyl halides is 3. The van der Waals surface area contributed by atoms with Crippen molar-refractivity contribution in [2.75, 3.05) is 6.54 Å². The van der Waals surface area contributed by atoms with Crippen LogP contribution < -0.4 is 0 Å². The van der Waals surface area contributed by atoms with Crippen molar-refractivity contribution in [3.05, 3.63) is 0 Å². The summed E-state index contributed by atoms with van der Waals surface area (Å²) in [6, 6.07) is -0.288.